The summed E-state index contributed by atoms with van der Waals surface area (Å²) in [5.41, 5.74) is 2.30. The lowest BCUT2D eigenvalue weighted by Crippen LogP contribution is -2.01. The van der Waals surface area contributed by atoms with Gasteiger partial charge in [0.05, 0.1) is 23.7 Å². The molecule has 0 saturated heterocycles. The monoisotopic (exact) mass is 264 g/mol. The summed E-state index contributed by atoms with van der Waals surface area (Å²) in [4.78, 5) is 0. The second kappa shape index (κ2) is 5.61. The molecule has 0 N–H and O–H groups in total. The van der Waals surface area contributed by atoms with Gasteiger partial charge in [-0.1, -0.05) is 48.5 Å². The van der Waals surface area contributed by atoms with Crippen LogP contribution < -0.4 is 4.74 Å². The molecule has 0 aliphatic carbocycles. The molecule has 0 radical (unpaired) electrons. The molecule has 3 heteroatoms. The molecular weight excluding hydrogens is 248 g/mol. The highest BCUT2D eigenvalue weighted by Crippen LogP contribution is 2.25. The number of hydrogen-bond acceptors (Lipinski definition) is 2. The topological polar surface area (TPSA) is 27.1 Å². The summed E-state index contributed by atoms with van der Waals surface area (Å²) >= 11 is 0. The highest BCUT2D eigenvalue weighted by atomic mass is 16.5. The Kier molecular flexibility index (Phi) is 3.50. The molecule has 0 saturated carbocycles. The zero-order valence-electron chi connectivity index (χ0n) is 11.4. The van der Waals surface area contributed by atoms with E-state index < -0.39 is 0 Å². The Morgan fingerprint density at radius 1 is 1.05 bits per heavy atom. The van der Waals surface area contributed by atoms with Gasteiger partial charge in [-0.2, -0.15) is 0 Å². The minimum absolute atomic E-state index is 0.648. The summed E-state index contributed by atoms with van der Waals surface area (Å²) in [6.45, 7) is 2.66. The first-order chi connectivity index (χ1) is 9.88. The third-order valence-corrected chi connectivity index (χ3v) is 3.11. The van der Waals surface area contributed by atoms with Gasteiger partial charge < -0.3 is 4.74 Å². The van der Waals surface area contributed by atoms with E-state index in [1.54, 1.807) is 6.26 Å². The van der Waals surface area contributed by atoms with Crippen molar-refractivity contribution in [3.63, 3.8) is 0 Å². The van der Waals surface area contributed by atoms with E-state index in [-0.39, 0.29) is 0 Å². The van der Waals surface area contributed by atoms with E-state index in [0.717, 1.165) is 17.4 Å². The zero-order chi connectivity index (χ0) is 13.8. The molecule has 3 nitrogen and oxygen atoms in total. The molecule has 0 aliphatic rings. The molecule has 0 unspecified atom stereocenters. The number of allylic oxidation sites excluding steroid dienone is 1. The van der Waals surface area contributed by atoms with Crippen LogP contribution in [0, 0.1) is 0 Å². The van der Waals surface area contributed by atoms with Crippen LogP contribution in [0.25, 0.3) is 10.9 Å². The van der Waals surface area contributed by atoms with E-state index >= 15 is 0 Å². The summed E-state index contributed by atoms with van der Waals surface area (Å²) in [7, 11) is 0. The average Bonchev–Trinajstić information content (AvgIpc) is 2.85. The van der Waals surface area contributed by atoms with Crippen molar-refractivity contribution < 1.29 is 4.74 Å². The third kappa shape index (κ3) is 2.43. The van der Waals surface area contributed by atoms with Crippen molar-refractivity contribution in [1.82, 2.24) is 9.78 Å². The molecule has 0 atom stereocenters. The fourth-order valence-electron chi connectivity index (χ4n) is 2.19. The first kappa shape index (κ1) is 12.5. The van der Waals surface area contributed by atoms with Crippen LogP contribution in [0.15, 0.2) is 66.9 Å². The molecule has 2 aromatic carbocycles. The lowest BCUT2D eigenvalue weighted by Gasteiger charge is -2.02. The molecule has 100 valence electrons. The van der Waals surface area contributed by atoms with E-state index in [4.69, 9.17) is 4.74 Å². The summed E-state index contributed by atoms with van der Waals surface area (Å²) in [5, 5.41) is 5.59. The number of para-hydroxylation sites is 1. The largest absolute Gasteiger partial charge is 0.445 e. The molecule has 3 aromatic rings. The molecule has 1 heterocycles. The Hall–Kier alpha value is -2.55. The van der Waals surface area contributed by atoms with Gasteiger partial charge >= 0.3 is 0 Å². The Bertz CT molecular complexity index is 729. The number of ether oxygens (including phenoxy) is 1. The molecule has 1 aromatic heterocycles. The number of rotatable bonds is 4. The summed E-state index contributed by atoms with van der Waals surface area (Å²) in [5.74, 6) is 0.648. The first-order valence-electron chi connectivity index (χ1n) is 6.66. The Balaban J connectivity index is 2.02. The second-order valence-corrected chi connectivity index (χ2v) is 4.55. The predicted molar refractivity (Wildman–Crippen MR) is 80.7 cm³/mol. The molecular formula is C17H16N2O. The maximum Gasteiger partial charge on any atom is 0.245 e. The minimum atomic E-state index is 0.648. The summed E-state index contributed by atoms with van der Waals surface area (Å²) in [6, 6.07) is 18.4. The van der Waals surface area contributed by atoms with E-state index in [9.17, 15) is 0 Å². The third-order valence-electron chi connectivity index (χ3n) is 3.11. The standard InChI is InChI=1S/C17H16N2O/c1-2-12-20-17-15-10-6-7-11-16(15)19(18-17)13-14-8-4-3-5-9-14/h2-12H,13H2,1H3. The van der Waals surface area contributed by atoms with Gasteiger partial charge in [0.25, 0.3) is 0 Å². The van der Waals surface area contributed by atoms with Gasteiger partial charge in [0.2, 0.25) is 5.88 Å². The summed E-state index contributed by atoms with van der Waals surface area (Å²) < 4.78 is 7.55. The minimum Gasteiger partial charge on any atom is -0.445 e. The number of hydrogen-bond donors (Lipinski definition) is 0. The van der Waals surface area contributed by atoms with Crippen molar-refractivity contribution in [2.75, 3.05) is 0 Å². The van der Waals surface area contributed by atoms with E-state index in [1.807, 2.05) is 54.1 Å². The Morgan fingerprint density at radius 2 is 1.80 bits per heavy atom. The van der Waals surface area contributed by atoms with Crippen molar-refractivity contribution in [1.29, 1.82) is 0 Å². The van der Waals surface area contributed by atoms with Crippen LogP contribution in [0.1, 0.15) is 12.5 Å². The smallest absolute Gasteiger partial charge is 0.245 e. The van der Waals surface area contributed by atoms with E-state index in [0.29, 0.717) is 5.88 Å². The average molecular weight is 264 g/mol. The Labute approximate surface area is 118 Å². The maximum atomic E-state index is 5.57. The van der Waals surface area contributed by atoms with Gasteiger partial charge in [-0.25, -0.2) is 0 Å². The fraction of sp³-hybridized carbons (Fsp3) is 0.118. The van der Waals surface area contributed by atoms with Crippen molar-refractivity contribution >= 4 is 10.9 Å². The lowest BCUT2D eigenvalue weighted by molar-refractivity contribution is 0.453. The normalized spacial score (nSPS) is 11.2. The van der Waals surface area contributed by atoms with Crippen LogP contribution in [0.4, 0.5) is 0 Å². The van der Waals surface area contributed by atoms with Crippen LogP contribution in [-0.4, -0.2) is 9.78 Å². The molecule has 0 fully saturated rings. The second-order valence-electron chi connectivity index (χ2n) is 4.55. The van der Waals surface area contributed by atoms with Crippen molar-refractivity contribution in [3.8, 4) is 5.88 Å². The molecule has 3 rings (SSSR count). The number of nitrogens with zero attached hydrogens (tertiary/aromatic N) is 2. The highest BCUT2D eigenvalue weighted by molar-refractivity contribution is 5.84. The SMILES string of the molecule is CC=COc1nn(Cc2ccccc2)c2ccccc12. The lowest BCUT2D eigenvalue weighted by atomic mass is 10.2. The van der Waals surface area contributed by atoms with E-state index in [1.165, 1.54) is 5.56 Å². The van der Waals surface area contributed by atoms with Crippen LogP contribution in [0.2, 0.25) is 0 Å². The van der Waals surface area contributed by atoms with Gasteiger partial charge in [0, 0.05) is 0 Å². The molecule has 0 spiro atoms. The van der Waals surface area contributed by atoms with Gasteiger partial charge in [-0.15, -0.1) is 5.10 Å². The van der Waals surface area contributed by atoms with Gasteiger partial charge in [-0.05, 0) is 24.6 Å². The maximum absolute atomic E-state index is 5.57. The number of benzene rings is 2. The quantitative estimate of drug-likeness (QED) is 0.666. The molecule has 0 aliphatic heterocycles. The van der Waals surface area contributed by atoms with Crippen LogP contribution in [-0.2, 0) is 6.54 Å². The number of aromatic nitrogens is 2. The van der Waals surface area contributed by atoms with Gasteiger partial charge in [0.1, 0.15) is 0 Å². The van der Waals surface area contributed by atoms with Crippen molar-refractivity contribution in [3.05, 3.63) is 72.5 Å². The van der Waals surface area contributed by atoms with E-state index in [2.05, 4.69) is 23.3 Å². The molecule has 0 amide bonds. The predicted octanol–water partition coefficient (Wildman–Crippen LogP) is 4.00. The Morgan fingerprint density at radius 3 is 2.60 bits per heavy atom. The highest BCUT2D eigenvalue weighted by Gasteiger charge is 2.10. The van der Waals surface area contributed by atoms with Crippen LogP contribution >= 0.6 is 0 Å². The van der Waals surface area contributed by atoms with Crippen LogP contribution in [0.5, 0.6) is 5.88 Å². The summed E-state index contributed by atoms with van der Waals surface area (Å²) in [6.07, 6.45) is 3.51. The van der Waals surface area contributed by atoms with Crippen molar-refractivity contribution in [2.45, 2.75) is 13.5 Å². The zero-order valence-corrected chi connectivity index (χ0v) is 11.4. The van der Waals surface area contributed by atoms with Crippen LogP contribution in [0.3, 0.4) is 0 Å². The van der Waals surface area contributed by atoms with Gasteiger partial charge in [0.15, 0.2) is 0 Å². The molecule has 20 heavy (non-hydrogen) atoms. The molecule has 0 bridgehead atoms. The fourth-order valence-corrected chi connectivity index (χ4v) is 2.19. The number of fused-ring (bicyclic) bond motifs is 1. The van der Waals surface area contributed by atoms with Gasteiger partial charge in [-0.3, -0.25) is 4.68 Å². The first-order valence-corrected chi connectivity index (χ1v) is 6.66. The van der Waals surface area contributed by atoms with Crippen molar-refractivity contribution in [2.24, 2.45) is 0 Å².